The normalized spacial score (nSPS) is 19.5. The van der Waals surface area contributed by atoms with E-state index in [0.717, 1.165) is 18.5 Å². The number of primary amides is 1. The molecule has 2 amide bonds. The topological polar surface area (TPSA) is 66.6 Å². The Morgan fingerprint density at radius 3 is 2.76 bits per heavy atom. The summed E-state index contributed by atoms with van der Waals surface area (Å²) in [4.78, 5) is 28.8. The largest absolute Gasteiger partial charge is 0.368 e. The zero-order valence-electron chi connectivity index (χ0n) is 16.7. The van der Waals surface area contributed by atoms with Crippen molar-refractivity contribution in [3.8, 4) is 0 Å². The molecule has 6 heteroatoms. The molecule has 29 heavy (non-hydrogen) atoms. The third-order valence-corrected chi connectivity index (χ3v) is 6.29. The van der Waals surface area contributed by atoms with Crippen LogP contribution in [0.2, 0.25) is 5.02 Å². The Kier molecular flexibility index (Phi) is 5.13. The fourth-order valence-corrected chi connectivity index (χ4v) is 4.43. The van der Waals surface area contributed by atoms with Crippen LogP contribution in [0.1, 0.15) is 52.4 Å². The third-order valence-electron chi connectivity index (χ3n) is 6.07. The second-order valence-corrected chi connectivity index (χ2v) is 8.86. The molecule has 1 fully saturated rings. The van der Waals surface area contributed by atoms with E-state index in [4.69, 9.17) is 17.3 Å². The van der Waals surface area contributed by atoms with Crippen LogP contribution in [-0.2, 0) is 16.8 Å². The monoisotopic (exact) mass is 410 g/mol. The van der Waals surface area contributed by atoms with E-state index in [1.807, 2.05) is 12.1 Å². The molecule has 5 nitrogen and oxygen atoms in total. The van der Waals surface area contributed by atoms with Gasteiger partial charge in [0, 0.05) is 11.6 Å². The summed E-state index contributed by atoms with van der Waals surface area (Å²) in [5.74, 6) is -0.798. The maximum Gasteiger partial charge on any atom is 0.256 e. The van der Waals surface area contributed by atoms with Gasteiger partial charge in [-0.2, -0.15) is 0 Å². The Labute approximate surface area is 176 Å². The SMILES string of the molecule is CN(C)CCC1(c2cccc(CN3C(=O)c4[c]cc(Cl)cc4C3C(N)=O)c2)CC1. The number of halogens is 1. The van der Waals surface area contributed by atoms with Crippen molar-refractivity contribution in [2.45, 2.75) is 37.3 Å². The lowest BCUT2D eigenvalue weighted by atomic mass is 9.91. The maximum absolute atomic E-state index is 12.9. The molecule has 1 radical (unpaired) electrons. The van der Waals surface area contributed by atoms with Gasteiger partial charge in [0.05, 0.1) is 5.56 Å². The molecule has 0 aromatic heterocycles. The van der Waals surface area contributed by atoms with Crippen molar-refractivity contribution in [3.05, 3.63) is 69.7 Å². The van der Waals surface area contributed by atoms with Gasteiger partial charge in [-0.1, -0.05) is 35.9 Å². The van der Waals surface area contributed by atoms with Crippen molar-refractivity contribution in [2.75, 3.05) is 20.6 Å². The average Bonchev–Trinajstić information content (AvgIpc) is 3.42. The second-order valence-electron chi connectivity index (χ2n) is 8.42. The highest BCUT2D eigenvalue weighted by Gasteiger charge is 2.44. The second kappa shape index (κ2) is 7.47. The quantitative estimate of drug-likeness (QED) is 0.761. The van der Waals surface area contributed by atoms with Crippen LogP contribution in [0, 0.1) is 6.07 Å². The summed E-state index contributed by atoms with van der Waals surface area (Å²) < 4.78 is 0. The van der Waals surface area contributed by atoms with Crippen molar-refractivity contribution >= 4 is 23.4 Å². The third kappa shape index (κ3) is 3.77. The van der Waals surface area contributed by atoms with Crippen LogP contribution in [-0.4, -0.2) is 42.3 Å². The molecule has 1 aliphatic heterocycles. The minimum absolute atomic E-state index is 0.236. The van der Waals surface area contributed by atoms with E-state index in [1.54, 1.807) is 12.1 Å². The first-order valence-electron chi connectivity index (χ1n) is 9.86. The molecule has 2 aromatic rings. The lowest BCUT2D eigenvalue weighted by Gasteiger charge is -2.24. The van der Waals surface area contributed by atoms with Gasteiger partial charge in [-0.05, 0) is 80.2 Å². The van der Waals surface area contributed by atoms with Crippen molar-refractivity contribution in [1.29, 1.82) is 0 Å². The van der Waals surface area contributed by atoms with Gasteiger partial charge in [-0.3, -0.25) is 9.59 Å². The number of carbonyl (C=O) groups is 2. The number of benzene rings is 2. The van der Waals surface area contributed by atoms with Gasteiger partial charge in [0.1, 0.15) is 6.04 Å². The van der Waals surface area contributed by atoms with Gasteiger partial charge in [-0.15, -0.1) is 0 Å². The summed E-state index contributed by atoms with van der Waals surface area (Å²) in [7, 11) is 4.19. The first kappa shape index (κ1) is 19.9. The van der Waals surface area contributed by atoms with Gasteiger partial charge in [0.25, 0.3) is 5.91 Å². The zero-order chi connectivity index (χ0) is 20.8. The Balaban J connectivity index is 1.60. The first-order chi connectivity index (χ1) is 13.8. The smallest absolute Gasteiger partial charge is 0.256 e. The van der Waals surface area contributed by atoms with Crippen LogP contribution in [0.5, 0.6) is 0 Å². The standard InChI is InChI=1S/C23H25ClN3O2/c1-26(2)11-10-23(8-9-23)16-5-3-4-15(12-16)14-27-20(21(25)28)19-13-17(24)6-7-18(19)22(27)29/h3-6,12-13,20H,8-11,14H2,1-2H3,(H2,25,28). The molecule has 0 spiro atoms. The first-order valence-corrected chi connectivity index (χ1v) is 10.2. The van der Waals surface area contributed by atoms with E-state index < -0.39 is 11.9 Å². The fraction of sp³-hybridized carbons (Fsp3) is 0.391. The highest BCUT2D eigenvalue weighted by Crippen LogP contribution is 2.51. The van der Waals surface area contributed by atoms with E-state index in [0.29, 0.717) is 22.7 Å². The van der Waals surface area contributed by atoms with Crippen LogP contribution >= 0.6 is 11.6 Å². The van der Waals surface area contributed by atoms with E-state index in [9.17, 15) is 9.59 Å². The molecule has 2 aliphatic rings. The van der Waals surface area contributed by atoms with Gasteiger partial charge < -0.3 is 15.5 Å². The highest BCUT2D eigenvalue weighted by atomic mass is 35.5. The molecule has 4 rings (SSSR count). The maximum atomic E-state index is 12.9. The molecule has 151 valence electrons. The number of hydrogen-bond acceptors (Lipinski definition) is 3. The summed E-state index contributed by atoms with van der Waals surface area (Å²) in [5, 5.41) is 0.434. The number of fused-ring (bicyclic) bond motifs is 1. The fourth-order valence-electron chi connectivity index (χ4n) is 4.25. The number of nitrogens with zero attached hydrogens (tertiary/aromatic N) is 2. The minimum atomic E-state index is -0.820. The molecule has 1 atom stereocenters. The Morgan fingerprint density at radius 1 is 1.34 bits per heavy atom. The summed E-state index contributed by atoms with van der Waals surface area (Å²) >= 11 is 6.06. The van der Waals surface area contributed by atoms with Crippen molar-refractivity contribution < 1.29 is 9.59 Å². The number of nitrogens with two attached hydrogens (primary N) is 1. The molecule has 2 aromatic carbocycles. The summed E-state index contributed by atoms with van der Waals surface area (Å²) in [6, 6.07) is 13.6. The van der Waals surface area contributed by atoms with E-state index in [2.05, 4.69) is 37.2 Å². The number of carbonyl (C=O) groups excluding carboxylic acids is 2. The van der Waals surface area contributed by atoms with Gasteiger partial charge in [0.2, 0.25) is 5.91 Å². The van der Waals surface area contributed by atoms with Crippen molar-refractivity contribution in [2.24, 2.45) is 5.73 Å². The highest BCUT2D eigenvalue weighted by molar-refractivity contribution is 6.30. The van der Waals surface area contributed by atoms with Gasteiger partial charge in [0.15, 0.2) is 0 Å². The average molecular weight is 411 g/mol. The predicted molar refractivity (Wildman–Crippen MR) is 113 cm³/mol. The van der Waals surface area contributed by atoms with Crippen LogP contribution in [0.3, 0.4) is 0 Å². The molecule has 0 saturated heterocycles. The molecule has 1 heterocycles. The van der Waals surface area contributed by atoms with Crippen LogP contribution < -0.4 is 5.73 Å². The molecular formula is C23H25ClN3O2. The lowest BCUT2D eigenvalue weighted by molar-refractivity contribution is -0.122. The zero-order valence-corrected chi connectivity index (χ0v) is 17.5. The van der Waals surface area contributed by atoms with Crippen LogP contribution in [0.4, 0.5) is 0 Å². The number of rotatable bonds is 7. The number of hydrogen-bond donors (Lipinski definition) is 1. The van der Waals surface area contributed by atoms with Crippen molar-refractivity contribution in [3.63, 3.8) is 0 Å². The molecule has 2 N–H and O–H groups in total. The number of amides is 2. The Bertz CT molecular complexity index is 968. The summed E-state index contributed by atoms with van der Waals surface area (Å²) in [5.41, 5.74) is 9.11. The Hall–Kier alpha value is -2.37. The predicted octanol–water partition coefficient (Wildman–Crippen LogP) is 3.31. The van der Waals surface area contributed by atoms with E-state index in [-0.39, 0.29) is 11.3 Å². The minimum Gasteiger partial charge on any atom is -0.368 e. The van der Waals surface area contributed by atoms with E-state index in [1.165, 1.54) is 23.3 Å². The van der Waals surface area contributed by atoms with Crippen molar-refractivity contribution in [1.82, 2.24) is 9.80 Å². The molecular weight excluding hydrogens is 386 g/mol. The summed E-state index contributed by atoms with van der Waals surface area (Å²) in [6.45, 7) is 1.37. The van der Waals surface area contributed by atoms with Gasteiger partial charge in [-0.25, -0.2) is 0 Å². The van der Waals surface area contributed by atoms with E-state index >= 15 is 0 Å². The van der Waals surface area contributed by atoms with Gasteiger partial charge >= 0.3 is 0 Å². The summed E-state index contributed by atoms with van der Waals surface area (Å²) in [6.07, 6.45) is 3.50. The van der Waals surface area contributed by atoms with Crippen LogP contribution in [0.25, 0.3) is 0 Å². The molecule has 1 saturated carbocycles. The molecule has 1 unspecified atom stereocenters. The molecule has 1 aliphatic carbocycles. The lowest BCUT2D eigenvalue weighted by Crippen LogP contribution is -2.35. The molecule has 0 bridgehead atoms. The Morgan fingerprint density at radius 2 is 2.10 bits per heavy atom. The van der Waals surface area contributed by atoms with Crippen LogP contribution in [0.15, 0.2) is 36.4 Å².